The van der Waals surface area contributed by atoms with Crippen molar-refractivity contribution in [3.05, 3.63) is 23.5 Å². The average molecular weight is 260 g/mol. The number of rotatable bonds is 1. The van der Waals surface area contributed by atoms with Gasteiger partial charge in [0.25, 0.3) is 0 Å². The minimum atomic E-state index is -3.38. The molecular formula is C11H17FN2O2S. The number of aromatic nitrogens is 2. The summed E-state index contributed by atoms with van der Waals surface area (Å²) in [7, 11) is -3.38. The summed E-state index contributed by atoms with van der Waals surface area (Å²) in [5, 5.41) is -0.137. The molecule has 17 heavy (non-hydrogen) atoms. The second-order valence-corrected chi connectivity index (χ2v) is 5.36. The van der Waals surface area contributed by atoms with Crippen LogP contribution in [0.1, 0.15) is 20.8 Å². The Morgan fingerprint density at radius 3 is 2.47 bits per heavy atom. The van der Waals surface area contributed by atoms with Gasteiger partial charge in [0, 0.05) is 13.7 Å². The van der Waals surface area contributed by atoms with Crippen LogP contribution in [0.4, 0.5) is 4.39 Å². The summed E-state index contributed by atoms with van der Waals surface area (Å²) in [5.74, 6) is -0.394. The highest BCUT2D eigenvalue weighted by atomic mass is 32.2. The summed E-state index contributed by atoms with van der Waals surface area (Å²) in [4.78, 5) is 6.44. The molecule has 0 unspecified atom stereocenters. The second kappa shape index (κ2) is 4.83. The SMILES string of the molecule is CC.Cc1cc2[nH]c(S(C)(=O)=O)nc2cc1F.[HH]. The lowest BCUT2D eigenvalue weighted by Crippen LogP contribution is -1.98. The van der Waals surface area contributed by atoms with Crippen LogP contribution in [0.3, 0.4) is 0 Å². The first-order chi connectivity index (χ1) is 7.88. The molecule has 1 aromatic carbocycles. The van der Waals surface area contributed by atoms with E-state index in [1.165, 1.54) is 12.1 Å². The fourth-order valence-electron chi connectivity index (χ4n) is 1.29. The Morgan fingerprint density at radius 2 is 1.94 bits per heavy atom. The zero-order valence-corrected chi connectivity index (χ0v) is 11.0. The van der Waals surface area contributed by atoms with Gasteiger partial charge in [-0.2, -0.15) is 0 Å². The van der Waals surface area contributed by atoms with Crippen molar-refractivity contribution in [3.8, 4) is 0 Å². The van der Waals surface area contributed by atoms with Crippen molar-refractivity contribution in [1.29, 1.82) is 0 Å². The molecule has 96 valence electrons. The number of hydrogen-bond acceptors (Lipinski definition) is 3. The van der Waals surface area contributed by atoms with E-state index in [0.717, 1.165) is 6.26 Å². The molecule has 0 amide bonds. The maximum Gasteiger partial charge on any atom is 0.225 e. The average Bonchev–Trinajstić information content (AvgIpc) is 2.64. The molecule has 2 aromatic rings. The number of halogens is 1. The molecule has 0 radical (unpaired) electrons. The van der Waals surface area contributed by atoms with Crippen LogP contribution in [-0.2, 0) is 9.84 Å². The zero-order chi connectivity index (χ0) is 13.2. The van der Waals surface area contributed by atoms with Gasteiger partial charge in [-0.3, -0.25) is 0 Å². The Kier molecular flexibility index (Phi) is 3.87. The van der Waals surface area contributed by atoms with E-state index in [2.05, 4.69) is 9.97 Å². The quantitative estimate of drug-likeness (QED) is 0.857. The van der Waals surface area contributed by atoms with Gasteiger partial charge in [-0.15, -0.1) is 0 Å². The molecule has 0 saturated carbocycles. The molecule has 1 aromatic heterocycles. The third-order valence-electron chi connectivity index (χ3n) is 2.09. The van der Waals surface area contributed by atoms with Gasteiger partial charge >= 0.3 is 0 Å². The van der Waals surface area contributed by atoms with Gasteiger partial charge in [0.2, 0.25) is 15.0 Å². The predicted octanol–water partition coefficient (Wildman–Crippen LogP) is 2.69. The van der Waals surface area contributed by atoms with Crippen LogP contribution in [0.25, 0.3) is 11.0 Å². The molecule has 0 aliphatic heterocycles. The maximum atomic E-state index is 13.2. The third-order valence-corrected chi connectivity index (χ3v) is 2.99. The van der Waals surface area contributed by atoms with E-state index in [1.54, 1.807) is 6.92 Å². The fourth-order valence-corrected chi connectivity index (χ4v) is 1.85. The molecule has 6 heteroatoms. The van der Waals surface area contributed by atoms with Crippen molar-refractivity contribution in [2.75, 3.05) is 6.26 Å². The number of aromatic amines is 1. The molecular weight excluding hydrogens is 243 g/mol. The van der Waals surface area contributed by atoms with E-state index in [1.807, 2.05) is 13.8 Å². The summed E-state index contributed by atoms with van der Waals surface area (Å²) in [6.07, 6.45) is 1.05. The Hall–Kier alpha value is -1.43. The highest BCUT2D eigenvalue weighted by Gasteiger charge is 2.13. The first-order valence-electron chi connectivity index (χ1n) is 5.24. The van der Waals surface area contributed by atoms with E-state index < -0.39 is 15.7 Å². The number of nitrogens with zero attached hydrogens (tertiary/aromatic N) is 1. The monoisotopic (exact) mass is 260 g/mol. The molecule has 0 aliphatic rings. The van der Waals surface area contributed by atoms with Gasteiger partial charge < -0.3 is 4.98 Å². The Morgan fingerprint density at radius 1 is 1.35 bits per heavy atom. The van der Waals surface area contributed by atoms with Crippen LogP contribution < -0.4 is 0 Å². The van der Waals surface area contributed by atoms with Gasteiger partial charge in [0.05, 0.1) is 11.0 Å². The highest BCUT2D eigenvalue weighted by Crippen LogP contribution is 2.18. The van der Waals surface area contributed by atoms with Gasteiger partial charge in [0.1, 0.15) is 5.82 Å². The molecule has 0 fully saturated rings. The first kappa shape index (κ1) is 13.6. The van der Waals surface area contributed by atoms with E-state index in [9.17, 15) is 12.8 Å². The summed E-state index contributed by atoms with van der Waals surface area (Å²) in [6.45, 7) is 5.61. The lowest BCUT2D eigenvalue weighted by molar-refractivity contribution is 0.595. The van der Waals surface area contributed by atoms with Crippen LogP contribution in [0.5, 0.6) is 0 Å². The summed E-state index contributed by atoms with van der Waals surface area (Å²) < 4.78 is 35.5. The number of imidazole rings is 1. The van der Waals surface area contributed by atoms with Crippen LogP contribution in [0.2, 0.25) is 0 Å². The van der Waals surface area contributed by atoms with Crippen molar-refractivity contribution in [3.63, 3.8) is 0 Å². The molecule has 4 nitrogen and oxygen atoms in total. The molecule has 0 atom stereocenters. The third kappa shape index (κ3) is 2.82. The molecule has 0 spiro atoms. The molecule has 0 saturated heterocycles. The number of fused-ring (bicyclic) bond motifs is 1. The molecule has 1 N–H and O–H groups in total. The second-order valence-electron chi connectivity index (χ2n) is 3.43. The van der Waals surface area contributed by atoms with Crippen molar-refractivity contribution in [2.45, 2.75) is 25.9 Å². The van der Waals surface area contributed by atoms with E-state index in [0.29, 0.717) is 16.6 Å². The van der Waals surface area contributed by atoms with Crippen LogP contribution in [0, 0.1) is 12.7 Å². The molecule has 0 aliphatic carbocycles. The van der Waals surface area contributed by atoms with E-state index >= 15 is 0 Å². The van der Waals surface area contributed by atoms with Gasteiger partial charge in [-0.25, -0.2) is 17.8 Å². The maximum absolute atomic E-state index is 13.2. The van der Waals surface area contributed by atoms with Gasteiger partial charge in [0.15, 0.2) is 0 Å². The van der Waals surface area contributed by atoms with Crippen molar-refractivity contribution in [2.24, 2.45) is 0 Å². The zero-order valence-electron chi connectivity index (χ0n) is 10.2. The molecule has 2 rings (SSSR count). The Balaban J connectivity index is 0.000000917. The topological polar surface area (TPSA) is 62.8 Å². The largest absolute Gasteiger partial charge is 0.329 e. The fraction of sp³-hybridized carbons (Fsp3) is 0.364. The summed E-state index contributed by atoms with van der Waals surface area (Å²) >= 11 is 0. The number of benzene rings is 1. The number of H-pyrrole nitrogens is 1. The van der Waals surface area contributed by atoms with Crippen molar-refractivity contribution >= 4 is 20.9 Å². The number of hydrogen-bond donors (Lipinski definition) is 1. The van der Waals surface area contributed by atoms with Crippen LogP contribution in [0.15, 0.2) is 17.3 Å². The van der Waals surface area contributed by atoms with E-state index in [-0.39, 0.29) is 6.58 Å². The molecule has 1 heterocycles. The number of sulfone groups is 1. The Bertz CT molecular complexity index is 599. The minimum absolute atomic E-state index is 0. The highest BCUT2D eigenvalue weighted by molar-refractivity contribution is 7.90. The van der Waals surface area contributed by atoms with Crippen molar-refractivity contribution in [1.82, 2.24) is 9.97 Å². The van der Waals surface area contributed by atoms with E-state index in [4.69, 9.17) is 0 Å². The first-order valence-corrected chi connectivity index (χ1v) is 7.13. The minimum Gasteiger partial charge on any atom is -0.329 e. The Labute approximate surface area is 101 Å². The normalized spacial score (nSPS) is 11.1. The lowest BCUT2D eigenvalue weighted by Gasteiger charge is -1.93. The summed E-state index contributed by atoms with van der Waals surface area (Å²) in [6, 6.07) is 2.75. The van der Waals surface area contributed by atoms with Crippen LogP contribution >= 0.6 is 0 Å². The van der Waals surface area contributed by atoms with Gasteiger partial charge in [-0.1, -0.05) is 13.8 Å². The lowest BCUT2D eigenvalue weighted by atomic mass is 10.2. The van der Waals surface area contributed by atoms with Gasteiger partial charge in [-0.05, 0) is 18.6 Å². The standard InChI is InChI=1S/C9H9FN2O2S.C2H6.H2/c1-5-3-7-8(4-6(5)10)12-9(11-7)15(2,13)14;1-2;/h3-4H,1-2H3,(H,11,12);1-2H3;1H. The van der Waals surface area contributed by atoms with Crippen molar-refractivity contribution < 1.29 is 14.2 Å². The number of aryl methyl sites for hydroxylation is 1. The number of nitrogens with one attached hydrogen (secondary N) is 1. The van der Waals surface area contributed by atoms with Crippen LogP contribution in [-0.4, -0.2) is 24.6 Å². The predicted molar refractivity (Wildman–Crippen MR) is 67.4 cm³/mol. The summed E-state index contributed by atoms with van der Waals surface area (Å²) in [5.41, 5.74) is 1.29. The molecule has 0 bridgehead atoms. The smallest absolute Gasteiger partial charge is 0.225 e.